The Morgan fingerprint density at radius 3 is 2.65 bits per heavy atom. The molecule has 0 amide bonds. The smallest absolute Gasteiger partial charge is 0.266 e. The van der Waals surface area contributed by atoms with E-state index in [1.807, 2.05) is 0 Å². The first-order valence-electron chi connectivity index (χ1n) is 5.15. The van der Waals surface area contributed by atoms with Gasteiger partial charge in [0.05, 0.1) is 6.61 Å². The van der Waals surface area contributed by atoms with Crippen LogP contribution < -0.4 is 0 Å². The van der Waals surface area contributed by atoms with Crippen LogP contribution in [0.1, 0.15) is 19.3 Å². The first-order valence-corrected chi connectivity index (χ1v) is 6.56. The van der Waals surface area contributed by atoms with Gasteiger partial charge in [-0.25, -0.2) is 4.39 Å². The van der Waals surface area contributed by atoms with E-state index < -0.39 is 20.8 Å². The van der Waals surface area contributed by atoms with E-state index in [-0.39, 0.29) is 6.61 Å². The fourth-order valence-corrected chi connectivity index (χ4v) is 2.23. The second-order valence-corrected chi connectivity index (χ2v) is 4.95. The summed E-state index contributed by atoms with van der Waals surface area (Å²) in [5, 5.41) is 0. The van der Waals surface area contributed by atoms with Gasteiger partial charge in [0.15, 0.2) is 0 Å². The standard InChI is InChI=1S/C12H13FO3S/c1-2-3-4-7-10-16-17(14,15)12-9-6-5-8-11(12)13/h1,5-6,8-9H,3-4,7,10H2. The molecular formula is C12H13FO3S. The monoisotopic (exact) mass is 256 g/mol. The third kappa shape index (κ3) is 4.17. The SMILES string of the molecule is C#CCCCCOS(=O)(=O)c1ccccc1F. The van der Waals surface area contributed by atoms with Gasteiger partial charge in [-0.2, -0.15) is 8.42 Å². The maximum atomic E-state index is 13.2. The first kappa shape index (κ1) is 13.7. The van der Waals surface area contributed by atoms with Crippen molar-refractivity contribution in [2.45, 2.75) is 24.2 Å². The van der Waals surface area contributed by atoms with Gasteiger partial charge >= 0.3 is 0 Å². The van der Waals surface area contributed by atoms with E-state index in [4.69, 9.17) is 10.6 Å². The van der Waals surface area contributed by atoms with E-state index in [1.165, 1.54) is 18.2 Å². The molecule has 0 N–H and O–H groups in total. The molecule has 0 heterocycles. The largest absolute Gasteiger partial charge is 0.299 e. The van der Waals surface area contributed by atoms with Crippen LogP contribution in [0.2, 0.25) is 0 Å². The van der Waals surface area contributed by atoms with Gasteiger partial charge in [0, 0.05) is 6.42 Å². The van der Waals surface area contributed by atoms with Gasteiger partial charge in [0.2, 0.25) is 0 Å². The highest BCUT2D eigenvalue weighted by molar-refractivity contribution is 7.86. The van der Waals surface area contributed by atoms with Crippen molar-refractivity contribution in [1.82, 2.24) is 0 Å². The van der Waals surface area contributed by atoms with Crippen molar-refractivity contribution < 1.29 is 17.0 Å². The van der Waals surface area contributed by atoms with Crippen LogP contribution in [0.5, 0.6) is 0 Å². The van der Waals surface area contributed by atoms with E-state index in [9.17, 15) is 12.8 Å². The van der Waals surface area contributed by atoms with Crippen LogP contribution >= 0.6 is 0 Å². The minimum Gasteiger partial charge on any atom is -0.266 e. The quantitative estimate of drug-likeness (QED) is 0.446. The molecule has 0 radical (unpaired) electrons. The van der Waals surface area contributed by atoms with E-state index in [0.29, 0.717) is 19.3 Å². The minimum atomic E-state index is -4.00. The lowest BCUT2D eigenvalue weighted by molar-refractivity contribution is 0.307. The summed E-state index contributed by atoms with van der Waals surface area (Å²) in [6.45, 7) is 0.0122. The first-order chi connectivity index (χ1) is 8.08. The van der Waals surface area contributed by atoms with Crippen LogP contribution in [0, 0.1) is 18.2 Å². The number of hydrogen-bond donors (Lipinski definition) is 0. The molecule has 1 aromatic carbocycles. The van der Waals surface area contributed by atoms with Crippen LogP contribution in [0.3, 0.4) is 0 Å². The summed E-state index contributed by atoms with van der Waals surface area (Å²) >= 11 is 0. The normalized spacial score (nSPS) is 11.1. The number of halogens is 1. The molecule has 3 nitrogen and oxygen atoms in total. The third-order valence-electron chi connectivity index (χ3n) is 2.06. The molecule has 0 bridgehead atoms. The lowest BCUT2D eigenvalue weighted by Crippen LogP contribution is -2.09. The van der Waals surface area contributed by atoms with Gasteiger partial charge in [-0.1, -0.05) is 12.1 Å². The summed E-state index contributed by atoms with van der Waals surface area (Å²) in [6, 6.07) is 5.11. The molecule has 0 saturated heterocycles. The summed E-state index contributed by atoms with van der Waals surface area (Å²) in [5.74, 6) is 1.63. The molecule has 0 aliphatic heterocycles. The summed E-state index contributed by atoms with van der Waals surface area (Å²) in [7, 11) is -4.00. The highest BCUT2D eigenvalue weighted by atomic mass is 32.2. The van der Waals surface area contributed by atoms with Crippen molar-refractivity contribution in [3.63, 3.8) is 0 Å². The van der Waals surface area contributed by atoms with Crippen LogP contribution in [0.4, 0.5) is 4.39 Å². The van der Waals surface area contributed by atoms with Crippen molar-refractivity contribution in [2.24, 2.45) is 0 Å². The lowest BCUT2D eigenvalue weighted by atomic mass is 10.2. The fraction of sp³-hybridized carbons (Fsp3) is 0.333. The topological polar surface area (TPSA) is 43.4 Å². The summed E-state index contributed by atoms with van der Waals surface area (Å²) in [6.07, 6.45) is 6.83. The molecule has 1 aromatic rings. The van der Waals surface area contributed by atoms with Crippen molar-refractivity contribution in [2.75, 3.05) is 6.61 Å². The Kier molecular flexibility index (Phi) is 5.13. The van der Waals surface area contributed by atoms with E-state index in [1.54, 1.807) is 0 Å². The van der Waals surface area contributed by atoms with Crippen LogP contribution in [-0.4, -0.2) is 15.0 Å². The lowest BCUT2D eigenvalue weighted by Gasteiger charge is -2.05. The Bertz CT molecular complexity index is 503. The van der Waals surface area contributed by atoms with Gasteiger partial charge in [-0.3, -0.25) is 4.18 Å². The zero-order valence-corrected chi connectivity index (χ0v) is 10.0. The molecule has 0 aliphatic carbocycles. The molecule has 5 heteroatoms. The van der Waals surface area contributed by atoms with Gasteiger partial charge in [0.1, 0.15) is 10.7 Å². The maximum Gasteiger partial charge on any atom is 0.299 e. The van der Waals surface area contributed by atoms with Crippen molar-refractivity contribution in [3.8, 4) is 12.3 Å². The van der Waals surface area contributed by atoms with Crippen molar-refractivity contribution in [1.29, 1.82) is 0 Å². The Morgan fingerprint density at radius 1 is 1.29 bits per heavy atom. The van der Waals surface area contributed by atoms with E-state index in [0.717, 1.165) is 6.07 Å². The molecule has 0 atom stereocenters. The van der Waals surface area contributed by atoms with Gasteiger partial charge in [-0.05, 0) is 25.0 Å². The molecule has 0 spiro atoms. The second-order valence-electron chi connectivity index (χ2n) is 3.37. The highest BCUT2D eigenvalue weighted by Gasteiger charge is 2.18. The molecule has 17 heavy (non-hydrogen) atoms. The van der Waals surface area contributed by atoms with Crippen molar-refractivity contribution in [3.05, 3.63) is 30.1 Å². The van der Waals surface area contributed by atoms with Gasteiger partial charge < -0.3 is 0 Å². The number of rotatable bonds is 6. The Hall–Kier alpha value is -1.38. The van der Waals surface area contributed by atoms with Crippen molar-refractivity contribution >= 4 is 10.1 Å². The van der Waals surface area contributed by atoms with E-state index in [2.05, 4.69) is 5.92 Å². The van der Waals surface area contributed by atoms with Crippen LogP contribution in [-0.2, 0) is 14.3 Å². The molecule has 0 aliphatic rings. The number of unbranched alkanes of at least 4 members (excludes halogenated alkanes) is 2. The van der Waals surface area contributed by atoms with Gasteiger partial charge in [-0.15, -0.1) is 12.3 Å². The zero-order chi connectivity index (χ0) is 12.7. The van der Waals surface area contributed by atoms with E-state index >= 15 is 0 Å². The number of terminal acetylenes is 1. The average molecular weight is 256 g/mol. The predicted octanol–water partition coefficient (Wildman–Crippen LogP) is 2.33. The minimum absolute atomic E-state index is 0.0122. The molecule has 0 fully saturated rings. The second kappa shape index (κ2) is 6.38. The Morgan fingerprint density at radius 2 is 2.00 bits per heavy atom. The number of hydrogen-bond acceptors (Lipinski definition) is 3. The molecule has 0 unspecified atom stereocenters. The highest BCUT2D eigenvalue weighted by Crippen LogP contribution is 2.16. The molecular weight excluding hydrogens is 243 g/mol. The zero-order valence-electron chi connectivity index (χ0n) is 9.23. The molecule has 1 rings (SSSR count). The predicted molar refractivity (Wildman–Crippen MR) is 62.2 cm³/mol. The third-order valence-corrected chi connectivity index (χ3v) is 3.41. The Balaban J connectivity index is 2.59. The van der Waals surface area contributed by atoms with Crippen LogP contribution in [0.25, 0.3) is 0 Å². The summed E-state index contributed by atoms with van der Waals surface area (Å²) < 4.78 is 41.1. The molecule has 92 valence electrons. The fourth-order valence-electron chi connectivity index (χ4n) is 1.21. The molecule has 0 aromatic heterocycles. The summed E-state index contributed by atoms with van der Waals surface area (Å²) in [4.78, 5) is -0.433. The van der Waals surface area contributed by atoms with Crippen LogP contribution in [0.15, 0.2) is 29.2 Å². The average Bonchev–Trinajstić information content (AvgIpc) is 2.29. The Labute approximate surface area is 101 Å². The van der Waals surface area contributed by atoms with Gasteiger partial charge in [0.25, 0.3) is 10.1 Å². The number of benzene rings is 1. The maximum absolute atomic E-state index is 13.2. The summed E-state index contributed by atoms with van der Waals surface area (Å²) in [5.41, 5.74) is 0. The molecule has 0 saturated carbocycles.